The lowest BCUT2D eigenvalue weighted by Crippen LogP contribution is -2.44. The molecule has 0 atom stereocenters. The number of esters is 1. The van der Waals surface area contributed by atoms with Gasteiger partial charge in [-0.3, -0.25) is 9.59 Å². The number of fused-ring (bicyclic) bond motifs is 2. The molecule has 0 saturated carbocycles. The molecule has 0 spiro atoms. The lowest BCUT2D eigenvalue weighted by molar-refractivity contribution is -0.160. The second kappa shape index (κ2) is 8.36. The minimum Gasteiger partial charge on any atom is -0.460 e. The Kier molecular flexibility index (Phi) is 5.92. The third-order valence-electron chi connectivity index (χ3n) is 5.36. The van der Waals surface area contributed by atoms with Crippen LogP contribution in [-0.4, -0.2) is 22.5 Å². The van der Waals surface area contributed by atoms with Crippen LogP contribution in [0.2, 0.25) is 0 Å². The number of amides is 1. The Bertz CT molecular complexity index is 1120. The largest absolute Gasteiger partial charge is 0.460 e. The van der Waals surface area contributed by atoms with Crippen molar-refractivity contribution in [3.63, 3.8) is 0 Å². The van der Waals surface area contributed by atoms with Crippen molar-refractivity contribution in [2.45, 2.75) is 52.2 Å². The maximum atomic E-state index is 13.4. The molecule has 1 heterocycles. The lowest BCUT2D eigenvalue weighted by atomic mass is 9.80. The molecule has 0 unspecified atom stereocenters. The van der Waals surface area contributed by atoms with Crippen molar-refractivity contribution in [3.8, 4) is 0 Å². The van der Waals surface area contributed by atoms with E-state index in [1.807, 2.05) is 63.2 Å². The molecule has 5 nitrogen and oxygen atoms in total. The van der Waals surface area contributed by atoms with E-state index in [2.05, 4.69) is 26.2 Å². The summed E-state index contributed by atoms with van der Waals surface area (Å²) >= 11 is 5.04. The van der Waals surface area contributed by atoms with E-state index in [-0.39, 0.29) is 18.3 Å². The fraction of sp³-hybridized carbons (Fsp3) is 0.375. The van der Waals surface area contributed by atoms with Crippen molar-refractivity contribution in [1.82, 2.24) is 10.3 Å². The second-order valence-corrected chi connectivity index (χ2v) is 11.1. The number of ether oxygens (including phenoxy) is 1. The molecule has 1 aliphatic rings. The number of hydrogen-bond acceptors (Lipinski definition) is 5. The highest BCUT2D eigenvalue weighted by Crippen LogP contribution is 2.41. The number of carbonyl (C=O) groups is 2. The number of carbonyl (C=O) groups excluding carboxylic acids is 2. The highest BCUT2D eigenvalue weighted by Gasteiger charge is 2.46. The van der Waals surface area contributed by atoms with E-state index in [9.17, 15) is 9.59 Å². The zero-order chi connectivity index (χ0) is 22.2. The zero-order valence-electron chi connectivity index (χ0n) is 17.8. The maximum Gasteiger partial charge on any atom is 0.307 e. The minimum absolute atomic E-state index is 0.0531. The first-order valence-corrected chi connectivity index (χ1v) is 11.9. The summed E-state index contributed by atoms with van der Waals surface area (Å²) in [6.07, 6.45) is 1.11. The molecule has 1 N–H and O–H groups in total. The second-order valence-electron chi connectivity index (χ2n) is 9.07. The van der Waals surface area contributed by atoms with Crippen LogP contribution in [0.4, 0.5) is 0 Å². The first-order valence-electron chi connectivity index (χ1n) is 10.3. The van der Waals surface area contributed by atoms with Crippen LogP contribution in [0.5, 0.6) is 0 Å². The number of aromatic nitrogens is 1. The molecule has 2 aromatic carbocycles. The van der Waals surface area contributed by atoms with E-state index in [1.54, 1.807) is 11.3 Å². The van der Waals surface area contributed by atoms with Crippen molar-refractivity contribution in [2.24, 2.45) is 5.41 Å². The third kappa shape index (κ3) is 4.99. The number of halogens is 1. The first-order chi connectivity index (χ1) is 14.6. The van der Waals surface area contributed by atoms with Gasteiger partial charge in [-0.1, -0.05) is 40.2 Å². The molecule has 7 heteroatoms. The Morgan fingerprint density at radius 2 is 1.84 bits per heavy atom. The van der Waals surface area contributed by atoms with Gasteiger partial charge >= 0.3 is 5.97 Å². The summed E-state index contributed by atoms with van der Waals surface area (Å²) in [7, 11) is 0. The highest BCUT2D eigenvalue weighted by atomic mass is 79.9. The third-order valence-corrected chi connectivity index (χ3v) is 6.87. The van der Waals surface area contributed by atoms with Crippen molar-refractivity contribution in [2.75, 3.05) is 0 Å². The van der Waals surface area contributed by atoms with E-state index in [4.69, 9.17) is 4.74 Å². The number of rotatable bonds is 5. The normalized spacial score (nSPS) is 15.0. The van der Waals surface area contributed by atoms with Crippen molar-refractivity contribution < 1.29 is 14.3 Å². The summed E-state index contributed by atoms with van der Waals surface area (Å²) in [5, 5.41) is 3.89. The van der Waals surface area contributed by atoms with Gasteiger partial charge < -0.3 is 10.1 Å². The van der Waals surface area contributed by atoms with E-state index in [1.165, 1.54) is 0 Å². The highest BCUT2D eigenvalue weighted by molar-refractivity contribution is 9.10. The van der Waals surface area contributed by atoms with Crippen LogP contribution in [-0.2, 0) is 33.7 Å². The maximum absolute atomic E-state index is 13.4. The standard InChI is InChI=1S/C24H25BrN2O3S/c1-23(2,3)30-21(28)13-24(11-15-6-4-5-7-16(15)12-24)22(29)26-14-20-27-18-9-8-17(25)10-19(18)31-20/h4-10H,11-14H2,1-3H3,(H,26,29). The molecule has 4 rings (SSSR count). The van der Waals surface area contributed by atoms with Gasteiger partial charge in [0.25, 0.3) is 0 Å². The summed E-state index contributed by atoms with van der Waals surface area (Å²) in [4.78, 5) is 30.7. The molecular weight excluding hydrogens is 476 g/mol. The van der Waals surface area contributed by atoms with Crippen LogP contribution in [0.1, 0.15) is 43.3 Å². The molecule has 1 aromatic heterocycles. The quantitative estimate of drug-likeness (QED) is 0.489. The molecule has 162 valence electrons. The van der Waals surface area contributed by atoms with E-state index in [0.717, 1.165) is 30.8 Å². The average molecular weight is 501 g/mol. The van der Waals surface area contributed by atoms with E-state index >= 15 is 0 Å². The van der Waals surface area contributed by atoms with Gasteiger partial charge in [-0.05, 0) is 62.9 Å². The number of hydrogen-bond donors (Lipinski definition) is 1. The molecular formula is C24H25BrN2O3S. The van der Waals surface area contributed by atoms with Gasteiger partial charge in [-0.25, -0.2) is 4.98 Å². The Hall–Kier alpha value is -2.25. The Morgan fingerprint density at radius 1 is 1.16 bits per heavy atom. The fourth-order valence-corrected chi connectivity index (χ4v) is 5.54. The summed E-state index contributed by atoms with van der Waals surface area (Å²) < 4.78 is 7.62. The lowest BCUT2D eigenvalue weighted by Gasteiger charge is -2.28. The van der Waals surface area contributed by atoms with Crippen molar-refractivity contribution in [3.05, 3.63) is 63.1 Å². The molecule has 1 aliphatic carbocycles. The molecule has 0 bridgehead atoms. The van der Waals surface area contributed by atoms with Crippen LogP contribution in [0.15, 0.2) is 46.9 Å². The van der Waals surface area contributed by atoms with Gasteiger partial charge in [0, 0.05) is 4.47 Å². The predicted octanol–water partition coefficient (Wildman–Crippen LogP) is 5.19. The topological polar surface area (TPSA) is 68.3 Å². The molecule has 1 amide bonds. The summed E-state index contributed by atoms with van der Waals surface area (Å²) in [6.45, 7) is 5.85. The summed E-state index contributed by atoms with van der Waals surface area (Å²) in [5.74, 6) is -0.477. The van der Waals surface area contributed by atoms with Gasteiger partial charge in [0.15, 0.2) is 0 Å². The molecule has 0 radical (unpaired) electrons. The van der Waals surface area contributed by atoms with Gasteiger partial charge in [0.05, 0.1) is 28.6 Å². The van der Waals surface area contributed by atoms with Crippen LogP contribution < -0.4 is 5.32 Å². The van der Waals surface area contributed by atoms with Gasteiger partial charge in [-0.2, -0.15) is 0 Å². The Balaban J connectivity index is 1.53. The number of thiazole rings is 1. The van der Waals surface area contributed by atoms with Gasteiger partial charge in [0.1, 0.15) is 10.6 Å². The number of nitrogens with zero attached hydrogens (tertiary/aromatic N) is 1. The van der Waals surface area contributed by atoms with Crippen LogP contribution in [0.25, 0.3) is 10.2 Å². The fourth-order valence-electron chi connectivity index (χ4n) is 4.08. The first kappa shape index (κ1) is 22.0. The number of nitrogens with one attached hydrogen (secondary N) is 1. The smallest absolute Gasteiger partial charge is 0.307 e. The predicted molar refractivity (Wildman–Crippen MR) is 126 cm³/mol. The van der Waals surface area contributed by atoms with Gasteiger partial charge in [-0.15, -0.1) is 11.3 Å². The zero-order valence-corrected chi connectivity index (χ0v) is 20.2. The molecule has 31 heavy (non-hydrogen) atoms. The van der Waals surface area contributed by atoms with Crippen LogP contribution >= 0.6 is 27.3 Å². The van der Waals surface area contributed by atoms with E-state index < -0.39 is 11.0 Å². The minimum atomic E-state index is -0.842. The van der Waals surface area contributed by atoms with E-state index in [0.29, 0.717) is 19.4 Å². The van der Waals surface area contributed by atoms with Crippen LogP contribution in [0.3, 0.4) is 0 Å². The van der Waals surface area contributed by atoms with Crippen LogP contribution in [0, 0.1) is 5.41 Å². The average Bonchev–Trinajstić information content (AvgIpc) is 3.25. The summed E-state index contributed by atoms with van der Waals surface area (Å²) in [5.41, 5.74) is 1.72. The SMILES string of the molecule is CC(C)(C)OC(=O)CC1(C(=O)NCc2nc3ccc(Br)cc3s2)Cc2ccccc2C1. The molecule has 0 fully saturated rings. The molecule has 0 aliphatic heterocycles. The number of benzene rings is 2. The molecule has 3 aromatic rings. The monoisotopic (exact) mass is 500 g/mol. The summed E-state index contributed by atoms with van der Waals surface area (Å²) in [6, 6.07) is 13.9. The van der Waals surface area contributed by atoms with Crippen molar-refractivity contribution in [1.29, 1.82) is 0 Å². The Labute approximate surface area is 194 Å². The van der Waals surface area contributed by atoms with Gasteiger partial charge in [0.2, 0.25) is 5.91 Å². The van der Waals surface area contributed by atoms with Crippen molar-refractivity contribution >= 4 is 49.4 Å². The molecule has 0 saturated heterocycles. The Morgan fingerprint density at radius 3 is 2.48 bits per heavy atom.